The number of anilines is 2. The van der Waals surface area contributed by atoms with Crippen molar-refractivity contribution in [3.05, 3.63) is 40.9 Å². The lowest BCUT2D eigenvalue weighted by molar-refractivity contribution is -0.114. The third-order valence-electron chi connectivity index (χ3n) is 8.58. The quantitative estimate of drug-likeness (QED) is 0.0590. The zero-order valence-electron chi connectivity index (χ0n) is 30.1. The first kappa shape index (κ1) is 40.3. The lowest BCUT2D eigenvalue weighted by Gasteiger charge is -2.26. The number of rotatable bonds is 23. The zero-order chi connectivity index (χ0) is 35.6. The van der Waals surface area contributed by atoms with Crippen LogP contribution >= 0.6 is 22.9 Å². The summed E-state index contributed by atoms with van der Waals surface area (Å²) in [4.78, 5) is 31.1. The van der Waals surface area contributed by atoms with E-state index >= 15 is 0 Å². The molecule has 0 fully saturated rings. The van der Waals surface area contributed by atoms with Crippen LogP contribution in [0.4, 0.5) is 22.2 Å². The van der Waals surface area contributed by atoms with Gasteiger partial charge in [0.2, 0.25) is 11.0 Å². The number of azo groups is 1. The van der Waals surface area contributed by atoms with Gasteiger partial charge >= 0.3 is 5.97 Å². The van der Waals surface area contributed by atoms with E-state index in [1.165, 1.54) is 63.9 Å². The highest BCUT2D eigenvalue weighted by Crippen LogP contribution is 2.35. The van der Waals surface area contributed by atoms with Crippen molar-refractivity contribution in [3.8, 4) is 0 Å². The number of hydrogen-bond donors (Lipinski definition) is 1. The van der Waals surface area contributed by atoms with Gasteiger partial charge in [0.25, 0.3) is 0 Å². The normalized spacial score (nSPS) is 12.8. The Bertz CT molecular complexity index is 1480. The molecule has 2 atom stereocenters. The van der Waals surface area contributed by atoms with Crippen molar-refractivity contribution < 1.29 is 23.8 Å². The molecule has 1 N–H and O–H groups in total. The smallest absolute Gasteiger partial charge is 0.339 e. The number of carbonyl (C=O) groups excluding carboxylic acids is 2. The molecule has 2 unspecified atom stereocenters. The second-order valence-electron chi connectivity index (χ2n) is 12.3. The number of carbonyl (C=O) groups is 2. The monoisotopic (exact) mass is 715 g/mol. The van der Waals surface area contributed by atoms with Crippen molar-refractivity contribution >= 4 is 67.2 Å². The average Bonchev–Trinajstić information content (AvgIpc) is 3.49. The van der Waals surface area contributed by atoms with Crippen LogP contribution in [0.5, 0.6) is 0 Å². The van der Waals surface area contributed by atoms with Gasteiger partial charge in [0, 0.05) is 38.9 Å². The van der Waals surface area contributed by atoms with Crippen LogP contribution in [-0.2, 0) is 19.0 Å². The predicted molar refractivity (Wildman–Crippen MR) is 201 cm³/mol. The molecule has 12 heteroatoms. The first-order valence-corrected chi connectivity index (χ1v) is 18.8. The van der Waals surface area contributed by atoms with Crippen molar-refractivity contribution in [2.24, 2.45) is 22.1 Å². The van der Waals surface area contributed by atoms with E-state index in [1.807, 2.05) is 18.2 Å². The summed E-state index contributed by atoms with van der Waals surface area (Å²) in [6, 6.07) is 8.99. The Labute approximate surface area is 301 Å². The highest BCUT2D eigenvalue weighted by Gasteiger charge is 2.16. The Kier molecular flexibility index (Phi) is 18.0. The largest absolute Gasteiger partial charge is 0.465 e. The highest BCUT2D eigenvalue weighted by atomic mass is 35.5. The molecule has 49 heavy (non-hydrogen) atoms. The molecule has 0 saturated carbocycles. The number of hydrogen-bond acceptors (Lipinski definition) is 10. The number of nitrogens with zero attached hydrogens (tertiary/aromatic N) is 4. The summed E-state index contributed by atoms with van der Waals surface area (Å²) in [5.41, 5.74) is 2.81. The van der Waals surface area contributed by atoms with E-state index in [1.54, 1.807) is 12.1 Å². The third kappa shape index (κ3) is 13.3. The van der Waals surface area contributed by atoms with Crippen molar-refractivity contribution in [1.29, 1.82) is 0 Å². The molecule has 0 bridgehead atoms. The molecule has 3 rings (SSSR count). The van der Waals surface area contributed by atoms with Crippen molar-refractivity contribution in [3.63, 3.8) is 0 Å². The van der Waals surface area contributed by atoms with Gasteiger partial charge in [-0.15, -0.1) is 10.2 Å². The highest BCUT2D eigenvalue weighted by molar-refractivity contribution is 7.22. The summed E-state index contributed by atoms with van der Waals surface area (Å²) in [7, 11) is 1.31. The van der Waals surface area contributed by atoms with Crippen molar-refractivity contribution in [2.75, 3.05) is 56.8 Å². The lowest BCUT2D eigenvalue weighted by Crippen LogP contribution is -2.32. The maximum Gasteiger partial charge on any atom is 0.339 e. The number of halogens is 1. The molecular weight excluding hydrogens is 662 g/mol. The van der Waals surface area contributed by atoms with Gasteiger partial charge in [-0.25, -0.2) is 9.78 Å². The number of ether oxygens (including phenoxy) is 3. The van der Waals surface area contributed by atoms with E-state index in [4.69, 9.17) is 25.8 Å². The van der Waals surface area contributed by atoms with Gasteiger partial charge < -0.3 is 24.4 Å². The summed E-state index contributed by atoms with van der Waals surface area (Å²) in [6.45, 7) is 14.4. The van der Waals surface area contributed by atoms with Crippen LogP contribution in [0, 0.1) is 11.8 Å². The lowest BCUT2D eigenvalue weighted by atomic mass is 10.0. The molecule has 1 heterocycles. The van der Waals surface area contributed by atoms with Crippen LogP contribution in [0.2, 0.25) is 5.02 Å². The number of nitrogens with one attached hydrogen (secondary N) is 1. The Morgan fingerprint density at radius 2 is 1.57 bits per heavy atom. The fourth-order valence-corrected chi connectivity index (χ4v) is 6.50. The summed E-state index contributed by atoms with van der Waals surface area (Å²) in [5, 5.41) is 12.4. The maximum atomic E-state index is 12.2. The van der Waals surface area contributed by atoms with Gasteiger partial charge in [-0.3, -0.25) is 4.79 Å². The number of esters is 1. The standard InChI is InChI=1S/C37H54ClN5O5S/c1-7-11-13-27(9-3)24-47-19-17-43(18-20-48-25-28(10-4)14-12-8-2)29-15-16-32(33(21-29)39-26(5)44)41-42-37-40-34-23-31(38)30(36(45)46-6)22-35(34)49-37/h15-16,21-23,27-28H,7-14,17-20,24-25H2,1-6H3,(H,39,44). The summed E-state index contributed by atoms with van der Waals surface area (Å²) < 4.78 is 17.9. The SMILES string of the molecule is CCCCC(CC)COCCN(CCOCC(CC)CCCC)c1ccc(N=Nc2nc3cc(Cl)c(C(=O)OC)cc3s2)c(NC(C)=O)c1. The molecule has 2 aromatic carbocycles. The molecule has 10 nitrogen and oxygen atoms in total. The number of aromatic nitrogens is 1. The van der Waals surface area contributed by atoms with Crippen LogP contribution in [0.25, 0.3) is 10.2 Å². The van der Waals surface area contributed by atoms with Gasteiger partial charge in [-0.05, 0) is 55.0 Å². The van der Waals surface area contributed by atoms with E-state index in [2.05, 4.69) is 53.1 Å². The van der Waals surface area contributed by atoms with E-state index in [0.717, 1.165) is 36.4 Å². The molecule has 3 aromatic rings. The van der Waals surface area contributed by atoms with Crippen LogP contribution in [-0.4, -0.2) is 63.5 Å². The van der Waals surface area contributed by atoms with Gasteiger partial charge in [-0.1, -0.05) is 89.2 Å². The molecule has 0 saturated heterocycles. The molecule has 0 radical (unpaired) electrons. The predicted octanol–water partition coefficient (Wildman–Crippen LogP) is 10.4. The fraction of sp³-hybridized carbons (Fsp3) is 0.595. The minimum atomic E-state index is -0.523. The number of fused-ring (bicyclic) bond motifs is 1. The van der Waals surface area contributed by atoms with Gasteiger partial charge in [-0.2, -0.15) is 0 Å². The Hall–Kier alpha value is -3.12. The van der Waals surface area contributed by atoms with E-state index in [-0.39, 0.29) is 16.5 Å². The number of amides is 1. The van der Waals surface area contributed by atoms with Crippen molar-refractivity contribution in [1.82, 2.24) is 4.98 Å². The minimum Gasteiger partial charge on any atom is -0.465 e. The Morgan fingerprint density at radius 3 is 2.12 bits per heavy atom. The average molecular weight is 716 g/mol. The molecule has 0 aliphatic heterocycles. The first-order valence-electron chi connectivity index (χ1n) is 17.6. The van der Waals surface area contributed by atoms with Crippen LogP contribution in [0.15, 0.2) is 40.6 Å². The molecule has 0 aliphatic carbocycles. The molecule has 0 spiro atoms. The molecular formula is C37H54ClN5O5S. The second-order valence-corrected chi connectivity index (χ2v) is 13.8. The van der Waals surface area contributed by atoms with Crippen LogP contribution < -0.4 is 10.2 Å². The minimum absolute atomic E-state index is 0.216. The summed E-state index contributed by atoms with van der Waals surface area (Å²) in [6.07, 6.45) is 9.45. The maximum absolute atomic E-state index is 12.2. The fourth-order valence-electron chi connectivity index (χ4n) is 5.46. The summed E-state index contributed by atoms with van der Waals surface area (Å²) in [5.74, 6) is 0.408. The molecule has 0 aliphatic rings. The second kappa shape index (κ2) is 21.9. The van der Waals surface area contributed by atoms with E-state index < -0.39 is 5.97 Å². The summed E-state index contributed by atoms with van der Waals surface area (Å²) >= 11 is 7.55. The Morgan fingerprint density at radius 1 is 0.939 bits per heavy atom. The molecule has 1 amide bonds. The third-order valence-corrected chi connectivity index (χ3v) is 9.79. The van der Waals surface area contributed by atoms with Crippen molar-refractivity contribution in [2.45, 2.75) is 86.0 Å². The molecule has 1 aromatic heterocycles. The Balaban J connectivity index is 1.80. The van der Waals surface area contributed by atoms with E-state index in [0.29, 0.717) is 60.2 Å². The van der Waals surface area contributed by atoms with Gasteiger partial charge in [0.05, 0.1) is 46.8 Å². The van der Waals surface area contributed by atoms with Gasteiger partial charge in [0.15, 0.2) is 0 Å². The zero-order valence-corrected chi connectivity index (χ0v) is 31.6. The first-order chi connectivity index (χ1) is 23.7. The number of unbranched alkanes of at least 4 members (excludes halogenated alkanes) is 2. The number of methoxy groups -OCH3 is 1. The molecule has 270 valence electrons. The number of thiazole rings is 1. The topological polar surface area (TPSA) is 115 Å². The van der Waals surface area contributed by atoms with Crippen LogP contribution in [0.1, 0.15) is 96.3 Å². The van der Waals surface area contributed by atoms with E-state index in [9.17, 15) is 9.59 Å². The van der Waals surface area contributed by atoms with Gasteiger partial charge in [0.1, 0.15) is 5.69 Å². The van der Waals surface area contributed by atoms with Crippen LogP contribution in [0.3, 0.4) is 0 Å². The number of benzene rings is 2.